The minimum absolute atomic E-state index is 0.0421. The minimum Gasteiger partial charge on any atom is -0.463 e. The van der Waals surface area contributed by atoms with Crippen molar-refractivity contribution in [3.8, 4) is 11.5 Å². The topological polar surface area (TPSA) is 91.3 Å². The summed E-state index contributed by atoms with van der Waals surface area (Å²) in [7, 11) is 0. The van der Waals surface area contributed by atoms with E-state index in [0.717, 1.165) is 0 Å². The molecular formula is C18H22F2O7. The molecule has 1 aromatic carbocycles. The Kier molecular flexibility index (Phi) is 5.94. The molecule has 0 unspecified atom stereocenters. The average molecular weight is 388 g/mol. The van der Waals surface area contributed by atoms with E-state index in [1.54, 1.807) is 20.8 Å². The van der Waals surface area contributed by atoms with Crippen LogP contribution >= 0.6 is 0 Å². The van der Waals surface area contributed by atoms with E-state index in [1.807, 2.05) is 0 Å². The van der Waals surface area contributed by atoms with E-state index < -0.39 is 42.5 Å². The lowest BCUT2D eigenvalue weighted by Gasteiger charge is -2.26. The Hall–Kier alpha value is -2.42. The first-order chi connectivity index (χ1) is 12.4. The van der Waals surface area contributed by atoms with Crippen molar-refractivity contribution in [2.75, 3.05) is 6.61 Å². The highest BCUT2D eigenvalue weighted by atomic mass is 19.3. The Morgan fingerprint density at radius 3 is 2.44 bits per heavy atom. The molecule has 0 radical (unpaired) electrons. The monoisotopic (exact) mass is 388 g/mol. The molecule has 0 aliphatic carbocycles. The first kappa shape index (κ1) is 20.9. The van der Waals surface area contributed by atoms with Crippen LogP contribution in [0, 0.1) is 5.92 Å². The van der Waals surface area contributed by atoms with Crippen LogP contribution in [0.15, 0.2) is 18.2 Å². The number of rotatable bonds is 6. The third-order valence-electron chi connectivity index (χ3n) is 3.55. The molecule has 0 spiro atoms. The smallest absolute Gasteiger partial charge is 0.463 e. The van der Waals surface area contributed by atoms with Crippen molar-refractivity contribution in [1.82, 2.24) is 0 Å². The van der Waals surface area contributed by atoms with Gasteiger partial charge in [-0.3, -0.25) is 9.59 Å². The van der Waals surface area contributed by atoms with Crippen LogP contribution in [-0.4, -0.2) is 41.7 Å². The van der Waals surface area contributed by atoms with Crippen LogP contribution in [-0.2, 0) is 25.5 Å². The predicted octanol–water partition coefficient (Wildman–Crippen LogP) is 2.43. The quantitative estimate of drug-likeness (QED) is 0.749. The summed E-state index contributed by atoms with van der Waals surface area (Å²) in [5.74, 6) is -2.69. The highest BCUT2D eigenvalue weighted by Gasteiger charge is 2.43. The molecule has 0 fully saturated rings. The number of ether oxygens (including phenoxy) is 4. The van der Waals surface area contributed by atoms with E-state index in [1.165, 1.54) is 25.1 Å². The normalized spacial score (nSPS) is 17.1. The van der Waals surface area contributed by atoms with E-state index in [2.05, 4.69) is 9.47 Å². The maximum Gasteiger partial charge on any atom is 0.586 e. The number of benzene rings is 1. The van der Waals surface area contributed by atoms with Gasteiger partial charge in [-0.1, -0.05) is 6.07 Å². The van der Waals surface area contributed by atoms with Gasteiger partial charge in [0.05, 0.1) is 5.92 Å². The Morgan fingerprint density at radius 2 is 1.85 bits per heavy atom. The molecule has 27 heavy (non-hydrogen) atoms. The van der Waals surface area contributed by atoms with Gasteiger partial charge in [0.25, 0.3) is 0 Å². The Morgan fingerprint density at radius 1 is 1.22 bits per heavy atom. The summed E-state index contributed by atoms with van der Waals surface area (Å²) in [5, 5.41) is 10.3. The molecule has 7 nitrogen and oxygen atoms in total. The molecule has 9 heteroatoms. The number of hydrogen-bond donors (Lipinski definition) is 1. The second-order valence-electron chi connectivity index (χ2n) is 7.16. The van der Waals surface area contributed by atoms with Gasteiger partial charge in [-0.05, 0) is 44.9 Å². The van der Waals surface area contributed by atoms with Crippen LogP contribution in [0.4, 0.5) is 8.78 Å². The van der Waals surface area contributed by atoms with E-state index >= 15 is 0 Å². The lowest BCUT2D eigenvalue weighted by atomic mass is 9.93. The highest BCUT2D eigenvalue weighted by molar-refractivity contribution is 5.74. The average Bonchev–Trinajstić information content (AvgIpc) is 2.81. The minimum atomic E-state index is -3.75. The first-order valence-electron chi connectivity index (χ1n) is 8.29. The first-order valence-corrected chi connectivity index (χ1v) is 8.29. The molecule has 1 aromatic rings. The summed E-state index contributed by atoms with van der Waals surface area (Å²) in [6, 6.07) is 4.06. The highest BCUT2D eigenvalue weighted by Crippen LogP contribution is 2.41. The number of halogens is 2. The van der Waals surface area contributed by atoms with Crippen molar-refractivity contribution in [1.29, 1.82) is 0 Å². The van der Waals surface area contributed by atoms with Crippen molar-refractivity contribution in [3.63, 3.8) is 0 Å². The number of hydrogen-bond acceptors (Lipinski definition) is 7. The standard InChI is InChI=1S/C18H22F2O7/c1-10(21)24-9-13(22)12(16(23)27-17(2,3)4)7-11-5-6-14-15(8-11)26-18(19,20)25-14/h5-6,8,12-13,22H,7,9H2,1-4H3/t12-,13+/m0/s1. The number of carbonyl (C=O) groups is 2. The van der Waals surface area contributed by atoms with Gasteiger partial charge in [-0.2, -0.15) is 0 Å². The fourth-order valence-electron chi connectivity index (χ4n) is 2.45. The predicted molar refractivity (Wildman–Crippen MR) is 88.3 cm³/mol. The molecule has 2 atom stereocenters. The van der Waals surface area contributed by atoms with Crippen molar-refractivity contribution in [2.24, 2.45) is 5.92 Å². The van der Waals surface area contributed by atoms with Gasteiger partial charge in [-0.15, -0.1) is 8.78 Å². The van der Waals surface area contributed by atoms with Crippen molar-refractivity contribution >= 4 is 11.9 Å². The Balaban J connectivity index is 2.18. The summed E-state index contributed by atoms with van der Waals surface area (Å²) < 4.78 is 45.1. The van der Waals surface area contributed by atoms with Crippen molar-refractivity contribution in [2.45, 2.75) is 52.1 Å². The second kappa shape index (κ2) is 7.67. The van der Waals surface area contributed by atoms with Gasteiger partial charge in [0.15, 0.2) is 11.5 Å². The zero-order chi connectivity index (χ0) is 20.4. The zero-order valence-electron chi connectivity index (χ0n) is 15.5. The fourth-order valence-corrected chi connectivity index (χ4v) is 2.45. The van der Waals surface area contributed by atoms with Gasteiger partial charge in [0.1, 0.15) is 18.3 Å². The summed E-state index contributed by atoms with van der Waals surface area (Å²) in [5.41, 5.74) is -0.360. The molecule has 0 amide bonds. The van der Waals surface area contributed by atoms with Crippen molar-refractivity contribution < 1.29 is 42.4 Å². The largest absolute Gasteiger partial charge is 0.586 e. The number of esters is 2. The van der Waals surface area contributed by atoms with Crippen LogP contribution in [0.25, 0.3) is 0 Å². The number of aliphatic hydroxyl groups excluding tert-OH is 1. The lowest BCUT2D eigenvalue weighted by molar-refractivity contribution is -0.286. The molecule has 150 valence electrons. The number of aliphatic hydroxyl groups is 1. The fraction of sp³-hybridized carbons (Fsp3) is 0.556. The molecular weight excluding hydrogens is 366 g/mol. The molecule has 0 saturated heterocycles. The van der Waals surface area contributed by atoms with Crippen LogP contribution in [0.1, 0.15) is 33.3 Å². The van der Waals surface area contributed by atoms with E-state index in [-0.39, 0.29) is 17.9 Å². The molecule has 1 aliphatic rings. The van der Waals surface area contributed by atoms with Gasteiger partial charge in [0, 0.05) is 6.92 Å². The molecule has 0 aromatic heterocycles. The van der Waals surface area contributed by atoms with Gasteiger partial charge >= 0.3 is 18.2 Å². The van der Waals surface area contributed by atoms with Gasteiger partial charge in [-0.25, -0.2) is 0 Å². The number of carbonyl (C=O) groups excluding carboxylic acids is 2. The summed E-state index contributed by atoms with van der Waals surface area (Å²) in [4.78, 5) is 23.5. The summed E-state index contributed by atoms with van der Waals surface area (Å²) in [6.07, 6.45) is -5.13. The zero-order valence-corrected chi connectivity index (χ0v) is 15.5. The third-order valence-corrected chi connectivity index (χ3v) is 3.55. The third kappa shape index (κ3) is 6.06. The molecule has 1 aliphatic heterocycles. The van der Waals surface area contributed by atoms with Crippen LogP contribution in [0.5, 0.6) is 11.5 Å². The summed E-state index contributed by atoms with van der Waals surface area (Å²) in [6.45, 7) is 5.78. The molecule has 0 saturated carbocycles. The van der Waals surface area contributed by atoms with E-state index in [9.17, 15) is 23.5 Å². The molecule has 1 N–H and O–H groups in total. The maximum atomic E-state index is 13.1. The van der Waals surface area contributed by atoms with Gasteiger partial charge < -0.3 is 24.1 Å². The van der Waals surface area contributed by atoms with Crippen molar-refractivity contribution in [3.05, 3.63) is 23.8 Å². The van der Waals surface area contributed by atoms with E-state index in [0.29, 0.717) is 5.56 Å². The lowest BCUT2D eigenvalue weighted by Crippen LogP contribution is -2.38. The molecule has 2 rings (SSSR count). The van der Waals surface area contributed by atoms with E-state index in [4.69, 9.17) is 9.47 Å². The maximum absolute atomic E-state index is 13.1. The van der Waals surface area contributed by atoms with Crippen LogP contribution in [0.2, 0.25) is 0 Å². The second-order valence-corrected chi connectivity index (χ2v) is 7.16. The SMILES string of the molecule is CC(=O)OC[C@@H](O)[C@H](Cc1ccc2c(c1)OC(F)(F)O2)C(=O)OC(C)(C)C. The number of fused-ring (bicyclic) bond motifs is 1. The van der Waals surface area contributed by atoms with Crippen LogP contribution < -0.4 is 9.47 Å². The Bertz CT molecular complexity index is 712. The molecule has 0 bridgehead atoms. The Labute approximate surface area is 155 Å². The summed E-state index contributed by atoms with van der Waals surface area (Å²) >= 11 is 0. The number of alkyl halides is 2. The van der Waals surface area contributed by atoms with Crippen LogP contribution in [0.3, 0.4) is 0 Å². The van der Waals surface area contributed by atoms with Gasteiger partial charge in [0.2, 0.25) is 0 Å². The molecule has 1 heterocycles.